The summed E-state index contributed by atoms with van der Waals surface area (Å²) in [6, 6.07) is 3.82. The largest absolute Gasteiger partial charge is 0.493 e. The van der Waals surface area contributed by atoms with Gasteiger partial charge in [-0.15, -0.1) is 0 Å². The molecule has 0 unspecified atom stereocenters. The molecule has 0 fully saturated rings. The van der Waals surface area contributed by atoms with Gasteiger partial charge in [0.25, 0.3) is 0 Å². The van der Waals surface area contributed by atoms with E-state index in [2.05, 4.69) is 0 Å². The predicted octanol–water partition coefficient (Wildman–Crippen LogP) is 1.76. The molecule has 0 saturated heterocycles. The summed E-state index contributed by atoms with van der Waals surface area (Å²) < 4.78 is 35.8. The lowest BCUT2D eigenvalue weighted by Gasteiger charge is -2.39. The van der Waals surface area contributed by atoms with E-state index in [1.807, 2.05) is 26.0 Å². The summed E-state index contributed by atoms with van der Waals surface area (Å²) in [5, 5.41) is 0. The molecule has 0 N–H and O–H groups in total. The minimum atomic E-state index is -3.21. The van der Waals surface area contributed by atoms with Crippen molar-refractivity contribution >= 4 is 10.0 Å². The van der Waals surface area contributed by atoms with Gasteiger partial charge in [0.2, 0.25) is 10.0 Å². The van der Waals surface area contributed by atoms with Crippen molar-refractivity contribution in [3.63, 3.8) is 0 Å². The maximum absolute atomic E-state index is 11.8. The van der Waals surface area contributed by atoms with Crippen molar-refractivity contribution in [2.24, 2.45) is 0 Å². The first kappa shape index (κ1) is 15.1. The van der Waals surface area contributed by atoms with Crippen LogP contribution in [0.5, 0.6) is 11.5 Å². The van der Waals surface area contributed by atoms with Gasteiger partial charge in [-0.1, -0.05) is 13.8 Å². The first-order chi connectivity index (χ1) is 9.19. The second-order valence-corrected chi connectivity index (χ2v) is 7.76. The predicted molar refractivity (Wildman–Crippen MR) is 77.8 cm³/mol. The Labute approximate surface area is 120 Å². The summed E-state index contributed by atoms with van der Waals surface area (Å²) in [5.41, 5.74) is 1.80. The highest BCUT2D eigenvalue weighted by molar-refractivity contribution is 7.88. The number of fused-ring (bicyclic) bond motifs is 1. The Morgan fingerprint density at radius 2 is 1.70 bits per heavy atom. The fourth-order valence-corrected chi connectivity index (χ4v) is 3.62. The van der Waals surface area contributed by atoms with E-state index in [-0.39, 0.29) is 5.41 Å². The molecule has 20 heavy (non-hydrogen) atoms. The highest BCUT2D eigenvalue weighted by Crippen LogP contribution is 2.40. The zero-order valence-corrected chi connectivity index (χ0v) is 13.4. The molecule has 0 bridgehead atoms. The van der Waals surface area contributed by atoms with Crippen LogP contribution in [0.25, 0.3) is 0 Å². The molecule has 1 aliphatic rings. The van der Waals surface area contributed by atoms with Crippen LogP contribution in [-0.2, 0) is 22.0 Å². The van der Waals surface area contributed by atoms with Gasteiger partial charge in [-0.05, 0) is 23.3 Å². The summed E-state index contributed by atoms with van der Waals surface area (Å²) in [6.45, 7) is 4.91. The molecule has 2 rings (SSSR count). The van der Waals surface area contributed by atoms with Crippen molar-refractivity contribution in [1.82, 2.24) is 4.31 Å². The lowest BCUT2D eigenvalue weighted by Crippen LogP contribution is -2.44. The lowest BCUT2D eigenvalue weighted by atomic mass is 9.79. The van der Waals surface area contributed by atoms with Crippen LogP contribution in [0.1, 0.15) is 25.0 Å². The Kier molecular flexibility index (Phi) is 3.73. The van der Waals surface area contributed by atoms with Gasteiger partial charge < -0.3 is 9.47 Å². The average molecular weight is 299 g/mol. The van der Waals surface area contributed by atoms with E-state index in [1.54, 1.807) is 14.2 Å². The van der Waals surface area contributed by atoms with Gasteiger partial charge in [0.15, 0.2) is 11.5 Å². The topological polar surface area (TPSA) is 55.8 Å². The van der Waals surface area contributed by atoms with E-state index in [9.17, 15) is 8.42 Å². The number of benzene rings is 1. The molecule has 1 aromatic carbocycles. The number of rotatable bonds is 3. The van der Waals surface area contributed by atoms with Crippen molar-refractivity contribution in [2.45, 2.75) is 25.8 Å². The summed E-state index contributed by atoms with van der Waals surface area (Å²) in [4.78, 5) is 0. The monoisotopic (exact) mass is 299 g/mol. The fraction of sp³-hybridized carbons (Fsp3) is 0.571. The molecular formula is C14H21NO4S. The molecule has 1 aromatic rings. The Bertz CT molecular complexity index is 622. The molecule has 0 aromatic heterocycles. The van der Waals surface area contributed by atoms with Crippen LogP contribution in [0.3, 0.4) is 0 Å². The third-order valence-corrected chi connectivity index (χ3v) is 4.92. The van der Waals surface area contributed by atoms with Gasteiger partial charge in [0.1, 0.15) is 0 Å². The zero-order chi connectivity index (χ0) is 15.1. The molecule has 5 nitrogen and oxygen atoms in total. The van der Waals surface area contributed by atoms with Gasteiger partial charge in [-0.25, -0.2) is 8.42 Å². The number of ether oxygens (including phenoxy) is 2. The van der Waals surface area contributed by atoms with Gasteiger partial charge in [0, 0.05) is 18.5 Å². The highest BCUT2D eigenvalue weighted by Gasteiger charge is 2.36. The van der Waals surface area contributed by atoms with E-state index < -0.39 is 10.0 Å². The number of sulfonamides is 1. The molecule has 112 valence electrons. The summed E-state index contributed by atoms with van der Waals surface area (Å²) >= 11 is 0. The van der Waals surface area contributed by atoms with Crippen molar-refractivity contribution in [1.29, 1.82) is 0 Å². The van der Waals surface area contributed by atoms with Gasteiger partial charge >= 0.3 is 0 Å². The van der Waals surface area contributed by atoms with Gasteiger partial charge in [0.05, 0.1) is 20.5 Å². The third kappa shape index (κ3) is 2.62. The maximum Gasteiger partial charge on any atom is 0.211 e. The van der Waals surface area contributed by atoms with Crippen LogP contribution >= 0.6 is 0 Å². The van der Waals surface area contributed by atoms with Crippen molar-refractivity contribution in [3.05, 3.63) is 23.3 Å². The van der Waals surface area contributed by atoms with E-state index in [4.69, 9.17) is 9.47 Å². The number of methoxy groups -OCH3 is 2. The first-order valence-corrected chi connectivity index (χ1v) is 8.24. The molecule has 1 heterocycles. The van der Waals surface area contributed by atoms with Crippen molar-refractivity contribution in [2.75, 3.05) is 27.0 Å². The minimum Gasteiger partial charge on any atom is -0.493 e. The minimum absolute atomic E-state index is 0.268. The summed E-state index contributed by atoms with van der Waals surface area (Å²) in [7, 11) is -0.0376. The van der Waals surface area contributed by atoms with Crippen LogP contribution in [0, 0.1) is 0 Å². The first-order valence-electron chi connectivity index (χ1n) is 6.39. The average Bonchev–Trinajstić information content (AvgIpc) is 2.35. The van der Waals surface area contributed by atoms with Gasteiger partial charge in [-0.3, -0.25) is 0 Å². The van der Waals surface area contributed by atoms with Gasteiger partial charge in [-0.2, -0.15) is 4.31 Å². The van der Waals surface area contributed by atoms with E-state index in [0.29, 0.717) is 24.6 Å². The van der Waals surface area contributed by atoms with Crippen LogP contribution in [-0.4, -0.2) is 39.7 Å². The molecule has 0 amide bonds. The SMILES string of the molecule is COc1cc2c(cc1OC)C(C)(C)CN(S(C)(=O)=O)C2. The molecule has 1 aliphatic heterocycles. The summed E-state index contributed by atoms with van der Waals surface area (Å²) in [5.74, 6) is 1.30. The molecule has 6 heteroatoms. The lowest BCUT2D eigenvalue weighted by molar-refractivity contribution is 0.296. The smallest absolute Gasteiger partial charge is 0.211 e. The highest BCUT2D eigenvalue weighted by atomic mass is 32.2. The van der Waals surface area contributed by atoms with Crippen LogP contribution in [0.4, 0.5) is 0 Å². The number of hydrogen-bond donors (Lipinski definition) is 0. The van der Waals surface area contributed by atoms with E-state index in [0.717, 1.165) is 11.1 Å². The Hall–Kier alpha value is -1.27. The second kappa shape index (κ2) is 4.93. The zero-order valence-electron chi connectivity index (χ0n) is 12.6. The molecule has 0 aliphatic carbocycles. The fourth-order valence-electron chi connectivity index (χ4n) is 2.69. The van der Waals surface area contributed by atoms with Crippen molar-refractivity contribution < 1.29 is 17.9 Å². The van der Waals surface area contributed by atoms with Crippen LogP contribution < -0.4 is 9.47 Å². The third-order valence-electron chi connectivity index (χ3n) is 3.73. The molecular weight excluding hydrogens is 278 g/mol. The Morgan fingerprint density at radius 3 is 2.20 bits per heavy atom. The Balaban J connectivity index is 2.57. The quantitative estimate of drug-likeness (QED) is 0.853. The molecule has 0 spiro atoms. The number of hydrogen-bond acceptors (Lipinski definition) is 4. The maximum atomic E-state index is 11.8. The van der Waals surface area contributed by atoms with E-state index >= 15 is 0 Å². The normalized spacial score (nSPS) is 18.4. The summed E-state index contributed by atoms with van der Waals surface area (Å²) in [6.07, 6.45) is 1.24. The second-order valence-electron chi connectivity index (χ2n) is 5.78. The van der Waals surface area contributed by atoms with Crippen LogP contribution in [0.15, 0.2) is 12.1 Å². The van der Waals surface area contributed by atoms with Crippen LogP contribution in [0.2, 0.25) is 0 Å². The van der Waals surface area contributed by atoms with E-state index in [1.165, 1.54) is 10.6 Å². The Morgan fingerprint density at radius 1 is 1.15 bits per heavy atom. The molecule has 0 atom stereocenters. The number of nitrogens with zero attached hydrogens (tertiary/aromatic N) is 1. The molecule has 0 radical (unpaired) electrons. The molecule has 0 saturated carbocycles. The van der Waals surface area contributed by atoms with Crippen molar-refractivity contribution in [3.8, 4) is 11.5 Å². The standard InChI is InChI=1S/C14H21NO4S/c1-14(2)9-15(20(5,16)17)8-10-6-12(18-3)13(19-4)7-11(10)14/h6-7H,8-9H2,1-5H3.